The summed E-state index contributed by atoms with van der Waals surface area (Å²) in [4.78, 5) is 30.4. The number of aromatic amines is 1. The van der Waals surface area contributed by atoms with Crippen molar-refractivity contribution in [2.45, 2.75) is 71.1 Å². The van der Waals surface area contributed by atoms with Gasteiger partial charge in [-0.3, -0.25) is 9.20 Å². The number of hydrogen-bond donors (Lipinski definition) is 1. The van der Waals surface area contributed by atoms with Crippen molar-refractivity contribution in [1.29, 1.82) is 5.26 Å². The second-order valence-electron chi connectivity index (χ2n) is 10.3. The normalized spacial score (nSPS) is 21.0. The molecule has 2 atom stereocenters. The van der Waals surface area contributed by atoms with E-state index in [2.05, 4.69) is 15.3 Å². The number of amides is 1. The van der Waals surface area contributed by atoms with Gasteiger partial charge in [-0.1, -0.05) is 5.21 Å². The van der Waals surface area contributed by atoms with Gasteiger partial charge in [-0.15, -0.1) is 5.10 Å². The van der Waals surface area contributed by atoms with E-state index >= 15 is 0 Å². The van der Waals surface area contributed by atoms with Crippen molar-refractivity contribution in [3.05, 3.63) is 40.1 Å². The zero-order chi connectivity index (χ0) is 24.2. The molecule has 1 aliphatic heterocycles. The molecule has 2 aliphatic rings. The smallest absolute Gasteiger partial charge is 0.410 e. The van der Waals surface area contributed by atoms with E-state index in [1.54, 1.807) is 0 Å². The first kappa shape index (κ1) is 22.2. The fourth-order valence-electron chi connectivity index (χ4n) is 4.98. The lowest BCUT2D eigenvalue weighted by molar-refractivity contribution is 0.00131. The predicted molar refractivity (Wildman–Crippen MR) is 124 cm³/mol. The lowest BCUT2D eigenvalue weighted by atomic mass is 9.94. The molecule has 10 heteroatoms. The summed E-state index contributed by atoms with van der Waals surface area (Å²) in [6, 6.07) is 5.55. The van der Waals surface area contributed by atoms with Crippen molar-refractivity contribution in [1.82, 2.24) is 29.3 Å². The topological polar surface area (TPSA) is 121 Å². The van der Waals surface area contributed by atoms with Crippen LogP contribution in [0.3, 0.4) is 0 Å². The molecule has 3 aromatic rings. The van der Waals surface area contributed by atoms with E-state index in [-0.39, 0.29) is 29.4 Å². The predicted octanol–water partition coefficient (Wildman–Crippen LogP) is 3.42. The Hall–Kier alpha value is -3.61. The van der Waals surface area contributed by atoms with E-state index in [9.17, 15) is 14.9 Å². The molecule has 1 N–H and O–H groups in total. The molecule has 34 heavy (non-hydrogen) atoms. The van der Waals surface area contributed by atoms with Crippen LogP contribution in [0.5, 0.6) is 0 Å². The summed E-state index contributed by atoms with van der Waals surface area (Å²) < 4.78 is 8.95. The van der Waals surface area contributed by atoms with Crippen molar-refractivity contribution in [2.24, 2.45) is 5.92 Å². The number of carbonyl (C=O) groups is 1. The van der Waals surface area contributed by atoms with Gasteiger partial charge in [-0.05, 0) is 65.4 Å². The van der Waals surface area contributed by atoms with Crippen LogP contribution in [0.1, 0.15) is 63.9 Å². The quantitative estimate of drug-likeness (QED) is 0.635. The molecule has 4 heterocycles. The molecule has 0 bridgehead atoms. The summed E-state index contributed by atoms with van der Waals surface area (Å²) >= 11 is 0. The zero-order valence-electron chi connectivity index (χ0n) is 19.9. The van der Waals surface area contributed by atoms with Crippen LogP contribution in [-0.2, 0) is 4.74 Å². The van der Waals surface area contributed by atoms with E-state index in [1.807, 2.05) is 49.4 Å². The van der Waals surface area contributed by atoms with Gasteiger partial charge in [0, 0.05) is 30.4 Å². The van der Waals surface area contributed by atoms with Crippen molar-refractivity contribution < 1.29 is 9.53 Å². The highest BCUT2D eigenvalue weighted by Crippen LogP contribution is 2.43. The molecule has 5 rings (SSSR count). The number of nitrogens with one attached hydrogen (secondary N) is 1. The highest BCUT2D eigenvalue weighted by atomic mass is 16.6. The van der Waals surface area contributed by atoms with Crippen molar-refractivity contribution in [2.75, 3.05) is 6.54 Å². The lowest BCUT2D eigenvalue weighted by Gasteiger charge is -2.40. The van der Waals surface area contributed by atoms with Crippen LogP contribution in [0.25, 0.3) is 16.9 Å². The third-order valence-electron chi connectivity index (χ3n) is 6.70. The molecule has 1 amide bonds. The summed E-state index contributed by atoms with van der Waals surface area (Å²) in [5, 5.41) is 18.1. The van der Waals surface area contributed by atoms with E-state index in [0.29, 0.717) is 29.4 Å². The van der Waals surface area contributed by atoms with Gasteiger partial charge >= 0.3 is 6.09 Å². The van der Waals surface area contributed by atoms with Gasteiger partial charge in [0.25, 0.3) is 5.56 Å². The number of fused-ring (bicyclic) bond motifs is 1. The first-order chi connectivity index (χ1) is 16.2. The number of pyridine rings is 1. The minimum Gasteiger partial charge on any atom is -0.444 e. The van der Waals surface area contributed by atoms with Gasteiger partial charge in [-0.2, -0.15) is 5.26 Å². The molecule has 0 spiro atoms. The zero-order valence-corrected chi connectivity index (χ0v) is 19.9. The fraction of sp³-hybridized carbons (Fsp3) is 0.542. The number of ether oxygens (including phenoxy) is 1. The molecular formula is C24H29N7O3. The van der Waals surface area contributed by atoms with Crippen molar-refractivity contribution in [3.8, 4) is 17.3 Å². The SMILES string of the molecule is Cc1c(-c2cc(=O)n3c(C#N)c[nH]c3c2)nnn1[C@@H]1CCN(C(=O)OC(C)(C)C)[C@H](C2CC2)C1. The number of H-pyrrole nitrogens is 1. The minimum absolute atomic E-state index is 0.117. The Balaban J connectivity index is 1.41. The van der Waals surface area contributed by atoms with Gasteiger partial charge < -0.3 is 14.6 Å². The Morgan fingerprint density at radius 1 is 1.26 bits per heavy atom. The molecule has 2 fully saturated rings. The van der Waals surface area contributed by atoms with E-state index in [0.717, 1.165) is 31.4 Å². The maximum atomic E-state index is 12.8. The molecular weight excluding hydrogens is 434 g/mol. The van der Waals surface area contributed by atoms with Gasteiger partial charge in [0.05, 0.1) is 11.7 Å². The third-order valence-corrected chi connectivity index (χ3v) is 6.70. The number of hydrogen-bond acceptors (Lipinski definition) is 6. The standard InChI is InChI=1S/C24H29N7O3/c1-14-22(16-9-20-26-13-18(12-25)30(20)21(32)10-16)27-28-31(14)17-7-8-29(19(11-17)15-5-6-15)23(33)34-24(2,3)4/h9-10,13,15,17,19,26H,5-8,11H2,1-4H3/t17-,19+/m1/s1. The number of carbonyl (C=O) groups excluding carboxylic acids is 1. The number of likely N-dealkylation sites (tertiary alicyclic amines) is 1. The van der Waals surface area contributed by atoms with Crippen LogP contribution >= 0.6 is 0 Å². The largest absolute Gasteiger partial charge is 0.444 e. The first-order valence-corrected chi connectivity index (χ1v) is 11.7. The Bertz CT molecular complexity index is 1350. The van der Waals surface area contributed by atoms with Crippen LogP contribution in [-0.4, -0.2) is 53.6 Å². The van der Waals surface area contributed by atoms with Gasteiger partial charge in [0.2, 0.25) is 0 Å². The van der Waals surface area contributed by atoms with Crippen molar-refractivity contribution >= 4 is 11.7 Å². The Labute approximate surface area is 197 Å². The van der Waals surface area contributed by atoms with Crippen LogP contribution < -0.4 is 5.56 Å². The van der Waals surface area contributed by atoms with Gasteiger partial charge in [-0.25, -0.2) is 9.48 Å². The number of nitrogens with zero attached hydrogens (tertiary/aromatic N) is 6. The van der Waals surface area contributed by atoms with Gasteiger partial charge in [0.1, 0.15) is 28.7 Å². The average Bonchev–Trinajstić information content (AvgIpc) is 3.43. The van der Waals surface area contributed by atoms with E-state index in [4.69, 9.17) is 4.74 Å². The summed E-state index contributed by atoms with van der Waals surface area (Å²) in [5.41, 5.74) is 2.16. The second-order valence-corrected chi connectivity index (χ2v) is 10.3. The minimum atomic E-state index is -0.521. The molecule has 0 unspecified atom stereocenters. The van der Waals surface area contributed by atoms with Crippen LogP contribution in [0.15, 0.2) is 23.1 Å². The molecule has 1 saturated heterocycles. The summed E-state index contributed by atoms with van der Waals surface area (Å²) in [7, 11) is 0. The summed E-state index contributed by atoms with van der Waals surface area (Å²) in [5.74, 6) is 0.503. The fourth-order valence-corrected chi connectivity index (χ4v) is 4.98. The second kappa shape index (κ2) is 8.01. The van der Waals surface area contributed by atoms with Crippen LogP contribution in [0.2, 0.25) is 0 Å². The van der Waals surface area contributed by atoms with E-state index in [1.165, 1.54) is 16.7 Å². The van der Waals surface area contributed by atoms with Gasteiger partial charge in [0.15, 0.2) is 0 Å². The monoisotopic (exact) mass is 463 g/mol. The molecule has 0 radical (unpaired) electrons. The van der Waals surface area contributed by atoms with E-state index < -0.39 is 5.60 Å². The first-order valence-electron chi connectivity index (χ1n) is 11.7. The maximum absolute atomic E-state index is 12.8. The number of aromatic nitrogens is 5. The number of imidazole rings is 1. The highest BCUT2D eigenvalue weighted by Gasteiger charge is 2.43. The Morgan fingerprint density at radius 2 is 2.03 bits per heavy atom. The average molecular weight is 464 g/mol. The molecule has 178 valence electrons. The summed E-state index contributed by atoms with van der Waals surface area (Å²) in [6.07, 6.45) is 5.09. The Kier molecular flexibility index (Phi) is 5.23. The lowest BCUT2D eigenvalue weighted by Crippen LogP contribution is -2.49. The Morgan fingerprint density at radius 3 is 2.71 bits per heavy atom. The molecule has 3 aromatic heterocycles. The number of piperidine rings is 1. The van der Waals surface area contributed by atoms with Crippen molar-refractivity contribution in [3.63, 3.8) is 0 Å². The molecule has 1 saturated carbocycles. The number of rotatable bonds is 3. The molecule has 1 aliphatic carbocycles. The summed E-state index contributed by atoms with van der Waals surface area (Å²) in [6.45, 7) is 8.24. The maximum Gasteiger partial charge on any atom is 0.410 e. The highest BCUT2D eigenvalue weighted by molar-refractivity contribution is 5.69. The third kappa shape index (κ3) is 3.95. The molecule has 0 aromatic carbocycles. The number of nitriles is 1. The molecule has 10 nitrogen and oxygen atoms in total. The van der Waals surface area contributed by atoms with Crippen LogP contribution in [0.4, 0.5) is 4.79 Å². The van der Waals surface area contributed by atoms with Crippen LogP contribution in [0, 0.1) is 24.2 Å².